The SMILES string of the molecule is CCNC(C)(C#N)CC(C)N(CCC(C)C)C1CCCC1. The van der Waals surface area contributed by atoms with Crippen LogP contribution in [-0.4, -0.2) is 35.6 Å². The summed E-state index contributed by atoms with van der Waals surface area (Å²) >= 11 is 0. The summed E-state index contributed by atoms with van der Waals surface area (Å²) in [5.41, 5.74) is -0.400. The number of hydrogen-bond acceptors (Lipinski definition) is 3. The lowest BCUT2D eigenvalue weighted by Gasteiger charge is -2.38. The van der Waals surface area contributed by atoms with E-state index < -0.39 is 5.54 Å². The minimum atomic E-state index is -0.400. The van der Waals surface area contributed by atoms with Crippen LogP contribution in [-0.2, 0) is 0 Å². The van der Waals surface area contributed by atoms with E-state index in [1.54, 1.807) is 0 Å². The van der Waals surface area contributed by atoms with Gasteiger partial charge in [0.25, 0.3) is 0 Å². The highest BCUT2D eigenvalue weighted by atomic mass is 15.2. The first-order valence-electron chi connectivity index (χ1n) is 8.84. The average molecular weight is 293 g/mol. The normalized spacial score (nSPS) is 20.7. The first-order valence-corrected chi connectivity index (χ1v) is 8.84. The van der Waals surface area contributed by atoms with E-state index in [2.05, 4.69) is 44.0 Å². The van der Waals surface area contributed by atoms with Gasteiger partial charge in [0.15, 0.2) is 0 Å². The van der Waals surface area contributed by atoms with Crippen LogP contribution in [0.3, 0.4) is 0 Å². The van der Waals surface area contributed by atoms with Crippen LogP contribution in [0.25, 0.3) is 0 Å². The Balaban J connectivity index is 2.69. The Morgan fingerprint density at radius 1 is 1.29 bits per heavy atom. The van der Waals surface area contributed by atoms with Crippen LogP contribution in [0.4, 0.5) is 0 Å². The molecule has 3 nitrogen and oxygen atoms in total. The lowest BCUT2D eigenvalue weighted by molar-refractivity contribution is 0.117. The van der Waals surface area contributed by atoms with Crippen molar-refractivity contribution in [3.8, 4) is 6.07 Å². The van der Waals surface area contributed by atoms with Crippen LogP contribution in [0.15, 0.2) is 0 Å². The highest BCUT2D eigenvalue weighted by Crippen LogP contribution is 2.28. The third kappa shape index (κ3) is 5.96. The summed E-state index contributed by atoms with van der Waals surface area (Å²) in [4.78, 5) is 2.69. The first-order chi connectivity index (χ1) is 9.91. The van der Waals surface area contributed by atoms with E-state index in [-0.39, 0.29) is 0 Å². The van der Waals surface area contributed by atoms with Gasteiger partial charge < -0.3 is 0 Å². The quantitative estimate of drug-likeness (QED) is 0.699. The molecule has 0 amide bonds. The van der Waals surface area contributed by atoms with Crippen molar-refractivity contribution >= 4 is 0 Å². The summed E-state index contributed by atoms with van der Waals surface area (Å²) < 4.78 is 0. The minimum Gasteiger partial charge on any atom is -0.300 e. The standard InChI is InChI=1S/C18H35N3/c1-6-20-18(5,14-19)13-16(4)21(12-11-15(2)3)17-9-7-8-10-17/h15-17,20H,6-13H2,1-5H3. The van der Waals surface area contributed by atoms with Gasteiger partial charge in [-0.25, -0.2) is 0 Å². The largest absolute Gasteiger partial charge is 0.300 e. The van der Waals surface area contributed by atoms with Crippen LogP contribution in [0, 0.1) is 17.2 Å². The van der Waals surface area contributed by atoms with Crippen molar-refractivity contribution in [3.05, 3.63) is 0 Å². The Morgan fingerprint density at radius 3 is 2.38 bits per heavy atom. The van der Waals surface area contributed by atoms with Crippen molar-refractivity contribution in [2.24, 2.45) is 5.92 Å². The zero-order chi connectivity index (χ0) is 15.9. The smallest absolute Gasteiger partial charge is 0.105 e. The minimum absolute atomic E-state index is 0.400. The maximum atomic E-state index is 9.50. The van der Waals surface area contributed by atoms with Crippen molar-refractivity contribution in [2.45, 2.75) is 90.8 Å². The molecule has 2 atom stereocenters. The topological polar surface area (TPSA) is 39.1 Å². The van der Waals surface area contributed by atoms with Gasteiger partial charge in [0.05, 0.1) is 6.07 Å². The number of nitriles is 1. The highest BCUT2D eigenvalue weighted by molar-refractivity contribution is 5.05. The molecule has 0 aromatic carbocycles. The molecule has 0 aromatic heterocycles. The zero-order valence-electron chi connectivity index (χ0n) is 14.8. The van der Waals surface area contributed by atoms with E-state index in [4.69, 9.17) is 0 Å². The average Bonchev–Trinajstić information content (AvgIpc) is 2.92. The summed E-state index contributed by atoms with van der Waals surface area (Å²) in [6, 6.07) is 3.69. The first kappa shape index (κ1) is 18.5. The second kappa shape index (κ2) is 8.76. The predicted octanol–water partition coefficient (Wildman–Crippen LogP) is 3.95. The molecule has 0 aromatic rings. The van der Waals surface area contributed by atoms with Crippen molar-refractivity contribution in [1.82, 2.24) is 10.2 Å². The summed E-state index contributed by atoms with van der Waals surface area (Å²) in [5, 5.41) is 12.9. The molecule has 0 saturated heterocycles. The van der Waals surface area contributed by atoms with Crippen molar-refractivity contribution in [3.63, 3.8) is 0 Å². The second-order valence-electron chi connectivity index (χ2n) is 7.39. The molecule has 2 unspecified atom stereocenters. The molecule has 1 rings (SSSR count). The van der Waals surface area contributed by atoms with E-state index in [9.17, 15) is 5.26 Å². The van der Waals surface area contributed by atoms with E-state index in [1.165, 1.54) is 38.6 Å². The van der Waals surface area contributed by atoms with Crippen LogP contribution in [0.1, 0.15) is 73.1 Å². The van der Waals surface area contributed by atoms with Gasteiger partial charge in [0.1, 0.15) is 5.54 Å². The van der Waals surface area contributed by atoms with Crippen molar-refractivity contribution < 1.29 is 0 Å². The predicted molar refractivity (Wildman–Crippen MR) is 90.2 cm³/mol. The molecule has 0 aliphatic heterocycles. The van der Waals surface area contributed by atoms with E-state index >= 15 is 0 Å². The molecular weight excluding hydrogens is 258 g/mol. The molecule has 0 bridgehead atoms. The van der Waals surface area contributed by atoms with Crippen molar-refractivity contribution in [1.29, 1.82) is 5.26 Å². The molecule has 3 heteroatoms. The molecular formula is C18H35N3. The third-order valence-electron chi connectivity index (χ3n) is 4.84. The molecule has 1 aliphatic rings. The molecule has 0 radical (unpaired) electrons. The van der Waals surface area contributed by atoms with Crippen LogP contribution in [0.2, 0.25) is 0 Å². The van der Waals surface area contributed by atoms with Gasteiger partial charge >= 0.3 is 0 Å². The second-order valence-corrected chi connectivity index (χ2v) is 7.39. The fraction of sp³-hybridized carbons (Fsp3) is 0.944. The fourth-order valence-corrected chi connectivity index (χ4v) is 3.66. The number of rotatable bonds is 9. The molecule has 21 heavy (non-hydrogen) atoms. The number of nitrogens with zero attached hydrogens (tertiary/aromatic N) is 2. The Bertz CT molecular complexity index is 328. The number of hydrogen-bond donors (Lipinski definition) is 1. The van der Waals surface area contributed by atoms with Gasteiger partial charge in [0, 0.05) is 12.1 Å². The van der Waals surface area contributed by atoms with E-state index in [0.717, 1.165) is 24.9 Å². The maximum Gasteiger partial charge on any atom is 0.105 e. The van der Waals surface area contributed by atoms with Gasteiger partial charge in [-0.05, 0) is 58.5 Å². The summed E-state index contributed by atoms with van der Waals surface area (Å²) in [6.45, 7) is 13.1. The molecule has 1 N–H and O–H groups in total. The highest BCUT2D eigenvalue weighted by Gasteiger charge is 2.32. The maximum absolute atomic E-state index is 9.50. The summed E-state index contributed by atoms with van der Waals surface area (Å²) in [7, 11) is 0. The van der Waals surface area contributed by atoms with Gasteiger partial charge in [-0.15, -0.1) is 0 Å². The van der Waals surface area contributed by atoms with Crippen LogP contribution < -0.4 is 5.32 Å². The van der Waals surface area contributed by atoms with Gasteiger partial charge in [-0.3, -0.25) is 10.2 Å². The lowest BCUT2D eigenvalue weighted by atomic mass is 9.93. The number of nitrogens with one attached hydrogen (secondary N) is 1. The van der Waals surface area contributed by atoms with Crippen LogP contribution in [0.5, 0.6) is 0 Å². The molecule has 0 heterocycles. The Morgan fingerprint density at radius 2 is 1.90 bits per heavy atom. The molecule has 1 aliphatic carbocycles. The van der Waals surface area contributed by atoms with Gasteiger partial charge in [0.2, 0.25) is 0 Å². The van der Waals surface area contributed by atoms with Crippen LogP contribution >= 0.6 is 0 Å². The lowest BCUT2D eigenvalue weighted by Crippen LogP contribution is -2.49. The fourth-order valence-electron chi connectivity index (χ4n) is 3.66. The Hall–Kier alpha value is -0.590. The molecule has 122 valence electrons. The zero-order valence-corrected chi connectivity index (χ0v) is 14.8. The molecule has 1 fully saturated rings. The summed E-state index contributed by atoms with van der Waals surface area (Å²) in [5.74, 6) is 0.747. The molecule has 1 saturated carbocycles. The molecule has 0 spiro atoms. The van der Waals surface area contributed by atoms with Crippen molar-refractivity contribution in [2.75, 3.05) is 13.1 Å². The van der Waals surface area contributed by atoms with E-state index in [0.29, 0.717) is 6.04 Å². The third-order valence-corrected chi connectivity index (χ3v) is 4.84. The van der Waals surface area contributed by atoms with E-state index in [1.807, 2.05) is 6.92 Å². The Labute approximate surface area is 132 Å². The van der Waals surface area contributed by atoms with Gasteiger partial charge in [-0.1, -0.05) is 33.6 Å². The Kier molecular flexibility index (Phi) is 7.70. The van der Waals surface area contributed by atoms with Gasteiger partial charge in [-0.2, -0.15) is 5.26 Å². The summed E-state index contributed by atoms with van der Waals surface area (Å²) in [6.07, 6.45) is 7.59. The monoisotopic (exact) mass is 293 g/mol.